The monoisotopic (exact) mass is 239 g/mol. The molecule has 0 aliphatic carbocycles. The molecule has 1 aromatic heterocycles. The Morgan fingerprint density at radius 3 is 2.59 bits per heavy atom. The predicted molar refractivity (Wildman–Crippen MR) is 66.2 cm³/mol. The molecular weight excluding hydrogens is 222 g/mol. The van der Waals surface area contributed by atoms with E-state index in [1.165, 1.54) is 6.33 Å². The summed E-state index contributed by atoms with van der Waals surface area (Å²) in [4.78, 5) is 18.4. The summed E-state index contributed by atoms with van der Waals surface area (Å²) >= 11 is 0. The maximum absolute atomic E-state index is 11.0. The molecule has 0 aliphatic rings. The van der Waals surface area contributed by atoms with Crippen molar-refractivity contribution >= 4 is 17.3 Å². The molecular formula is C10H17N5O2. The van der Waals surface area contributed by atoms with E-state index in [4.69, 9.17) is 0 Å². The molecule has 1 unspecified atom stereocenters. The van der Waals surface area contributed by atoms with Gasteiger partial charge < -0.3 is 10.6 Å². The molecule has 1 aromatic rings. The van der Waals surface area contributed by atoms with Crippen molar-refractivity contribution in [3.05, 3.63) is 16.4 Å². The molecule has 7 nitrogen and oxygen atoms in total. The third kappa shape index (κ3) is 3.27. The van der Waals surface area contributed by atoms with Crippen molar-refractivity contribution in [2.45, 2.75) is 33.2 Å². The number of hydrogen-bond acceptors (Lipinski definition) is 6. The molecule has 0 saturated carbocycles. The van der Waals surface area contributed by atoms with Gasteiger partial charge in [-0.15, -0.1) is 0 Å². The third-order valence-corrected chi connectivity index (χ3v) is 2.34. The molecule has 0 bridgehead atoms. The SMILES string of the molecule is CCNc1ncnc(NC(C)CC)c1[N+](=O)[O-]. The van der Waals surface area contributed by atoms with Crippen LogP contribution in [0.5, 0.6) is 0 Å². The zero-order valence-electron chi connectivity index (χ0n) is 10.2. The maximum atomic E-state index is 11.0. The molecule has 94 valence electrons. The van der Waals surface area contributed by atoms with Gasteiger partial charge in [0, 0.05) is 12.6 Å². The van der Waals surface area contributed by atoms with E-state index in [0.29, 0.717) is 6.54 Å². The second-order valence-corrected chi connectivity index (χ2v) is 3.66. The van der Waals surface area contributed by atoms with E-state index in [0.717, 1.165) is 6.42 Å². The Balaban J connectivity index is 3.10. The largest absolute Gasteiger partial charge is 0.364 e. The molecule has 0 fully saturated rings. The highest BCUT2D eigenvalue weighted by Gasteiger charge is 2.23. The second-order valence-electron chi connectivity index (χ2n) is 3.66. The van der Waals surface area contributed by atoms with E-state index in [2.05, 4.69) is 20.6 Å². The van der Waals surface area contributed by atoms with Crippen LogP contribution >= 0.6 is 0 Å². The van der Waals surface area contributed by atoms with Gasteiger partial charge in [0.15, 0.2) is 0 Å². The average Bonchev–Trinajstić information content (AvgIpc) is 2.29. The van der Waals surface area contributed by atoms with Crippen LogP contribution in [0.25, 0.3) is 0 Å². The molecule has 0 aromatic carbocycles. The Morgan fingerprint density at radius 1 is 1.41 bits per heavy atom. The quantitative estimate of drug-likeness (QED) is 0.582. The van der Waals surface area contributed by atoms with E-state index in [9.17, 15) is 10.1 Å². The van der Waals surface area contributed by atoms with Crippen molar-refractivity contribution in [1.82, 2.24) is 9.97 Å². The van der Waals surface area contributed by atoms with Crippen molar-refractivity contribution in [3.63, 3.8) is 0 Å². The number of anilines is 2. The number of rotatable bonds is 6. The Hall–Kier alpha value is -1.92. The summed E-state index contributed by atoms with van der Waals surface area (Å²) in [5, 5.41) is 16.9. The van der Waals surface area contributed by atoms with Crippen LogP contribution in [-0.2, 0) is 0 Å². The first kappa shape index (κ1) is 13.1. The predicted octanol–water partition coefficient (Wildman–Crippen LogP) is 2.03. The van der Waals surface area contributed by atoms with E-state index in [1.807, 2.05) is 20.8 Å². The molecule has 1 heterocycles. The molecule has 17 heavy (non-hydrogen) atoms. The van der Waals surface area contributed by atoms with Gasteiger partial charge in [-0.2, -0.15) is 0 Å². The fourth-order valence-electron chi connectivity index (χ4n) is 1.29. The highest BCUT2D eigenvalue weighted by atomic mass is 16.6. The van der Waals surface area contributed by atoms with Crippen LogP contribution in [0.4, 0.5) is 17.3 Å². The lowest BCUT2D eigenvalue weighted by molar-refractivity contribution is -0.383. The lowest BCUT2D eigenvalue weighted by Gasteiger charge is -2.13. The summed E-state index contributed by atoms with van der Waals surface area (Å²) < 4.78 is 0. The lowest BCUT2D eigenvalue weighted by Crippen LogP contribution is -2.17. The molecule has 0 radical (unpaired) electrons. The minimum Gasteiger partial charge on any atom is -0.364 e. The first-order valence-corrected chi connectivity index (χ1v) is 5.59. The molecule has 1 rings (SSSR count). The Labute approximate surface area is 99.8 Å². The molecule has 1 atom stereocenters. The van der Waals surface area contributed by atoms with Crippen molar-refractivity contribution in [2.24, 2.45) is 0 Å². The number of hydrogen-bond donors (Lipinski definition) is 2. The molecule has 0 aliphatic heterocycles. The van der Waals surface area contributed by atoms with Crippen molar-refractivity contribution in [3.8, 4) is 0 Å². The van der Waals surface area contributed by atoms with E-state index < -0.39 is 4.92 Å². The topological polar surface area (TPSA) is 93.0 Å². The van der Waals surface area contributed by atoms with E-state index in [-0.39, 0.29) is 23.4 Å². The van der Waals surface area contributed by atoms with Gasteiger partial charge in [-0.25, -0.2) is 9.97 Å². The lowest BCUT2D eigenvalue weighted by atomic mass is 10.2. The van der Waals surface area contributed by atoms with Gasteiger partial charge in [-0.05, 0) is 20.3 Å². The van der Waals surface area contributed by atoms with Crippen molar-refractivity contribution in [2.75, 3.05) is 17.2 Å². The zero-order valence-corrected chi connectivity index (χ0v) is 10.2. The molecule has 0 amide bonds. The number of nitro groups is 1. The summed E-state index contributed by atoms with van der Waals surface area (Å²) in [5.41, 5.74) is -0.102. The number of nitrogens with zero attached hydrogens (tertiary/aromatic N) is 3. The van der Waals surface area contributed by atoms with Crippen LogP contribution in [0.15, 0.2) is 6.33 Å². The fraction of sp³-hybridized carbons (Fsp3) is 0.600. The normalized spacial score (nSPS) is 11.9. The highest BCUT2D eigenvalue weighted by molar-refractivity contribution is 5.69. The van der Waals surface area contributed by atoms with Crippen LogP contribution in [0.2, 0.25) is 0 Å². The van der Waals surface area contributed by atoms with E-state index in [1.54, 1.807) is 0 Å². The maximum Gasteiger partial charge on any atom is 0.353 e. The fourth-order valence-corrected chi connectivity index (χ4v) is 1.29. The van der Waals surface area contributed by atoms with Crippen LogP contribution in [0.1, 0.15) is 27.2 Å². The van der Waals surface area contributed by atoms with Crippen molar-refractivity contribution < 1.29 is 4.92 Å². The van der Waals surface area contributed by atoms with Crippen molar-refractivity contribution in [1.29, 1.82) is 0 Å². The summed E-state index contributed by atoms with van der Waals surface area (Å²) in [6.07, 6.45) is 2.17. The summed E-state index contributed by atoms with van der Waals surface area (Å²) in [5.74, 6) is 0.508. The van der Waals surface area contributed by atoms with Gasteiger partial charge in [0.2, 0.25) is 11.6 Å². The minimum absolute atomic E-state index is 0.102. The first-order valence-electron chi connectivity index (χ1n) is 5.59. The van der Waals surface area contributed by atoms with Gasteiger partial charge in [0.25, 0.3) is 0 Å². The first-order chi connectivity index (χ1) is 8.10. The Bertz CT molecular complexity index is 396. The third-order valence-electron chi connectivity index (χ3n) is 2.34. The zero-order chi connectivity index (χ0) is 12.8. The van der Waals surface area contributed by atoms with Crippen LogP contribution in [-0.4, -0.2) is 27.5 Å². The van der Waals surface area contributed by atoms with Crippen LogP contribution in [0.3, 0.4) is 0 Å². The van der Waals surface area contributed by atoms with Gasteiger partial charge in [0.1, 0.15) is 6.33 Å². The standard InChI is InChI=1S/C10H17N5O2/c1-4-7(3)14-10-8(15(16)17)9(11-5-2)12-6-13-10/h6-7H,4-5H2,1-3H3,(H2,11,12,13,14). The minimum atomic E-state index is -0.470. The Kier molecular flexibility index (Phi) is 4.62. The smallest absolute Gasteiger partial charge is 0.353 e. The molecule has 7 heteroatoms. The highest BCUT2D eigenvalue weighted by Crippen LogP contribution is 2.29. The van der Waals surface area contributed by atoms with Crippen LogP contribution in [0, 0.1) is 10.1 Å². The van der Waals surface area contributed by atoms with Gasteiger partial charge in [-0.1, -0.05) is 6.92 Å². The molecule has 2 N–H and O–H groups in total. The van der Waals surface area contributed by atoms with E-state index >= 15 is 0 Å². The second kappa shape index (κ2) is 5.97. The molecule has 0 spiro atoms. The summed E-state index contributed by atoms with van der Waals surface area (Å²) in [7, 11) is 0. The summed E-state index contributed by atoms with van der Waals surface area (Å²) in [6.45, 7) is 6.36. The average molecular weight is 239 g/mol. The van der Waals surface area contributed by atoms with Crippen LogP contribution < -0.4 is 10.6 Å². The number of aromatic nitrogens is 2. The van der Waals surface area contributed by atoms with Gasteiger partial charge in [-0.3, -0.25) is 10.1 Å². The van der Waals surface area contributed by atoms with Gasteiger partial charge in [0.05, 0.1) is 4.92 Å². The number of nitrogens with one attached hydrogen (secondary N) is 2. The Morgan fingerprint density at radius 2 is 2.06 bits per heavy atom. The van der Waals surface area contributed by atoms with Gasteiger partial charge >= 0.3 is 5.69 Å². The summed E-state index contributed by atoms with van der Waals surface area (Å²) in [6, 6.07) is 0.123. The molecule has 0 saturated heterocycles.